The Morgan fingerprint density at radius 3 is 2.92 bits per heavy atom. The zero-order valence-electron chi connectivity index (χ0n) is 13.6. The molecule has 1 aliphatic heterocycles. The Morgan fingerprint density at radius 1 is 1.25 bits per heavy atom. The van der Waals surface area contributed by atoms with Crippen LogP contribution in [0.1, 0.15) is 40.5 Å². The van der Waals surface area contributed by atoms with E-state index in [-0.39, 0.29) is 5.91 Å². The second-order valence-corrected chi connectivity index (χ2v) is 6.28. The highest BCUT2D eigenvalue weighted by molar-refractivity contribution is 5.93. The number of pyridine rings is 1. The van der Waals surface area contributed by atoms with E-state index >= 15 is 0 Å². The molecule has 0 aromatic carbocycles. The van der Waals surface area contributed by atoms with Crippen LogP contribution in [0, 0.1) is 6.92 Å². The molecule has 0 aliphatic carbocycles. The Hall–Kier alpha value is -2.76. The molecule has 4 heterocycles. The monoisotopic (exact) mass is 321 g/mol. The maximum absolute atomic E-state index is 12.7. The predicted octanol–water partition coefficient (Wildman–Crippen LogP) is 2.45. The Kier molecular flexibility index (Phi) is 3.72. The van der Waals surface area contributed by atoms with E-state index in [1.165, 1.54) is 12.0 Å². The van der Waals surface area contributed by atoms with Gasteiger partial charge < -0.3 is 9.30 Å². The molecule has 6 nitrogen and oxygen atoms in total. The molecule has 122 valence electrons. The molecule has 1 fully saturated rings. The number of aromatic nitrogens is 4. The summed E-state index contributed by atoms with van der Waals surface area (Å²) in [7, 11) is 0. The molecule has 0 saturated carbocycles. The SMILES string of the molecule is Cc1cn2c([C@@H]3CCCN(C(=O)c4cncnc4)C3)cccc2n1. The van der Waals surface area contributed by atoms with E-state index in [0.29, 0.717) is 18.0 Å². The fourth-order valence-corrected chi connectivity index (χ4v) is 3.48. The minimum Gasteiger partial charge on any atom is -0.338 e. The number of carbonyl (C=O) groups excluding carboxylic acids is 1. The second-order valence-electron chi connectivity index (χ2n) is 6.28. The number of rotatable bonds is 2. The summed E-state index contributed by atoms with van der Waals surface area (Å²) in [6, 6.07) is 6.20. The Morgan fingerprint density at radius 2 is 2.08 bits per heavy atom. The average molecular weight is 321 g/mol. The molecule has 4 rings (SSSR count). The van der Waals surface area contributed by atoms with Crippen LogP contribution in [0.3, 0.4) is 0 Å². The van der Waals surface area contributed by atoms with Crippen molar-refractivity contribution in [2.45, 2.75) is 25.7 Å². The summed E-state index contributed by atoms with van der Waals surface area (Å²) in [4.78, 5) is 27.0. The number of fused-ring (bicyclic) bond motifs is 1. The van der Waals surface area contributed by atoms with Crippen LogP contribution in [0.15, 0.2) is 43.1 Å². The number of imidazole rings is 1. The quantitative estimate of drug-likeness (QED) is 0.727. The van der Waals surface area contributed by atoms with Crippen LogP contribution in [0.25, 0.3) is 5.65 Å². The third kappa shape index (κ3) is 2.64. The Balaban J connectivity index is 1.61. The van der Waals surface area contributed by atoms with Gasteiger partial charge in [0.05, 0.1) is 11.3 Å². The van der Waals surface area contributed by atoms with Gasteiger partial charge in [-0.3, -0.25) is 4.79 Å². The molecule has 1 aliphatic rings. The summed E-state index contributed by atoms with van der Waals surface area (Å²) >= 11 is 0. The number of nitrogens with zero attached hydrogens (tertiary/aromatic N) is 5. The molecule has 0 N–H and O–H groups in total. The molecule has 0 spiro atoms. The fourth-order valence-electron chi connectivity index (χ4n) is 3.48. The lowest BCUT2D eigenvalue weighted by Gasteiger charge is -2.33. The van der Waals surface area contributed by atoms with Gasteiger partial charge in [0.2, 0.25) is 0 Å². The van der Waals surface area contributed by atoms with E-state index in [2.05, 4.69) is 31.6 Å². The van der Waals surface area contributed by atoms with E-state index in [0.717, 1.165) is 30.7 Å². The van der Waals surface area contributed by atoms with E-state index in [1.807, 2.05) is 24.0 Å². The number of likely N-dealkylation sites (tertiary alicyclic amines) is 1. The van der Waals surface area contributed by atoms with Gasteiger partial charge in [-0.05, 0) is 31.9 Å². The number of hydrogen-bond donors (Lipinski definition) is 0. The summed E-state index contributed by atoms with van der Waals surface area (Å²) in [6.07, 6.45) is 8.74. The number of aryl methyl sites for hydroxylation is 1. The highest BCUT2D eigenvalue weighted by atomic mass is 16.2. The van der Waals surface area contributed by atoms with Gasteiger partial charge in [-0.2, -0.15) is 0 Å². The molecule has 1 amide bonds. The number of hydrogen-bond acceptors (Lipinski definition) is 4. The van der Waals surface area contributed by atoms with Crippen LogP contribution in [-0.4, -0.2) is 43.2 Å². The molecule has 6 heteroatoms. The normalized spacial score (nSPS) is 18.0. The minimum atomic E-state index is 0.00860. The molecule has 3 aromatic rings. The largest absolute Gasteiger partial charge is 0.338 e. The summed E-state index contributed by atoms with van der Waals surface area (Å²) < 4.78 is 2.15. The van der Waals surface area contributed by atoms with Gasteiger partial charge in [0, 0.05) is 43.3 Å². The second kappa shape index (κ2) is 6.03. The van der Waals surface area contributed by atoms with Crippen molar-refractivity contribution in [1.82, 2.24) is 24.3 Å². The van der Waals surface area contributed by atoms with Crippen molar-refractivity contribution in [3.05, 3.63) is 60.1 Å². The van der Waals surface area contributed by atoms with Gasteiger partial charge in [-0.25, -0.2) is 15.0 Å². The highest BCUT2D eigenvalue weighted by Crippen LogP contribution is 2.28. The van der Waals surface area contributed by atoms with Crippen molar-refractivity contribution in [2.24, 2.45) is 0 Å². The average Bonchev–Trinajstić information content (AvgIpc) is 3.02. The van der Waals surface area contributed by atoms with Crippen molar-refractivity contribution >= 4 is 11.6 Å². The van der Waals surface area contributed by atoms with Gasteiger partial charge in [0.15, 0.2) is 0 Å². The molecule has 24 heavy (non-hydrogen) atoms. The molecule has 1 atom stereocenters. The first-order valence-electron chi connectivity index (χ1n) is 8.21. The van der Waals surface area contributed by atoms with Gasteiger partial charge in [-0.15, -0.1) is 0 Å². The lowest BCUT2D eigenvalue weighted by atomic mass is 9.93. The number of piperidine rings is 1. The van der Waals surface area contributed by atoms with Gasteiger partial charge >= 0.3 is 0 Å². The first-order valence-corrected chi connectivity index (χ1v) is 8.21. The third-order valence-corrected chi connectivity index (χ3v) is 4.58. The van der Waals surface area contributed by atoms with Crippen LogP contribution < -0.4 is 0 Å². The van der Waals surface area contributed by atoms with Gasteiger partial charge in [-0.1, -0.05) is 6.07 Å². The first kappa shape index (κ1) is 14.8. The zero-order valence-corrected chi connectivity index (χ0v) is 13.6. The summed E-state index contributed by atoms with van der Waals surface area (Å²) in [5.41, 5.74) is 3.74. The molecular formula is C18H19N5O. The van der Waals surface area contributed by atoms with Crippen LogP contribution in [0.4, 0.5) is 0 Å². The van der Waals surface area contributed by atoms with Crippen molar-refractivity contribution in [2.75, 3.05) is 13.1 Å². The molecule has 1 saturated heterocycles. The number of amides is 1. The zero-order chi connectivity index (χ0) is 16.5. The maximum atomic E-state index is 12.7. The summed E-state index contributed by atoms with van der Waals surface area (Å²) in [5, 5.41) is 0. The standard InChI is InChI=1S/C18H19N5O/c1-13-10-23-16(5-2-6-17(23)21-13)14-4-3-7-22(11-14)18(24)15-8-19-12-20-9-15/h2,5-6,8-10,12,14H,3-4,7,11H2,1H3/t14-/m1/s1. The lowest BCUT2D eigenvalue weighted by molar-refractivity contribution is 0.0704. The topological polar surface area (TPSA) is 63.4 Å². The van der Waals surface area contributed by atoms with Crippen molar-refractivity contribution < 1.29 is 4.79 Å². The molecule has 0 unspecified atom stereocenters. The van der Waals surface area contributed by atoms with Gasteiger partial charge in [0.1, 0.15) is 12.0 Å². The van der Waals surface area contributed by atoms with Crippen LogP contribution in [0.2, 0.25) is 0 Å². The summed E-state index contributed by atoms with van der Waals surface area (Å²) in [6.45, 7) is 3.50. The van der Waals surface area contributed by atoms with E-state index in [1.54, 1.807) is 12.4 Å². The molecule has 3 aromatic heterocycles. The maximum Gasteiger partial charge on any atom is 0.257 e. The van der Waals surface area contributed by atoms with Crippen molar-refractivity contribution in [3.8, 4) is 0 Å². The van der Waals surface area contributed by atoms with Crippen molar-refractivity contribution in [1.29, 1.82) is 0 Å². The summed E-state index contributed by atoms with van der Waals surface area (Å²) in [5.74, 6) is 0.318. The van der Waals surface area contributed by atoms with Crippen LogP contribution in [0.5, 0.6) is 0 Å². The van der Waals surface area contributed by atoms with Gasteiger partial charge in [0.25, 0.3) is 5.91 Å². The minimum absolute atomic E-state index is 0.00860. The predicted molar refractivity (Wildman–Crippen MR) is 89.8 cm³/mol. The van der Waals surface area contributed by atoms with E-state index in [4.69, 9.17) is 0 Å². The van der Waals surface area contributed by atoms with Crippen molar-refractivity contribution in [3.63, 3.8) is 0 Å². The molecular weight excluding hydrogens is 302 g/mol. The third-order valence-electron chi connectivity index (χ3n) is 4.58. The molecule has 0 bridgehead atoms. The van der Waals surface area contributed by atoms with Crippen LogP contribution >= 0.6 is 0 Å². The van der Waals surface area contributed by atoms with E-state index < -0.39 is 0 Å². The van der Waals surface area contributed by atoms with E-state index in [9.17, 15) is 4.79 Å². The number of carbonyl (C=O) groups is 1. The first-order chi connectivity index (χ1) is 11.7. The molecule has 0 radical (unpaired) electrons. The highest BCUT2D eigenvalue weighted by Gasteiger charge is 2.27. The Bertz CT molecular complexity index is 874. The van der Waals surface area contributed by atoms with Crippen LogP contribution in [-0.2, 0) is 0 Å². The Labute approximate surface area is 140 Å². The lowest BCUT2D eigenvalue weighted by Crippen LogP contribution is -2.39. The fraction of sp³-hybridized carbons (Fsp3) is 0.333. The smallest absolute Gasteiger partial charge is 0.257 e.